The predicted octanol–water partition coefficient (Wildman–Crippen LogP) is 2.61. The van der Waals surface area contributed by atoms with E-state index in [0.29, 0.717) is 0 Å². The van der Waals surface area contributed by atoms with Crippen molar-refractivity contribution >= 4 is 5.69 Å². The molecular formula is C13H20N2. The van der Waals surface area contributed by atoms with E-state index in [9.17, 15) is 0 Å². The van der Waals surface area contributed by atoms with E-state index < -0.39 is 0 Å². The minimum absolute atomic E-state index is 0.0940. The quantitative estimate of drug-likeness (QED) is 0.691. The second-order valence-corrected chi connectivity index (χ2v) is 4.89. The van der Waals surface area contributed by atoms with E-state index in [0.717, 1.165) is 29.7 Å². The maximum Gasteiger partial charge on any atom is 0.0409 e. The van der Waals surface area contributed by atoms with Crippen molar-refractivity contribution in [3.63, 3.8) is 0 Å². The summed E-state index contributed by atoms with van der Waals surface area (Å²) in [5.74, 6) is 0. The maximum absolute atomic E-state index is 6.43. The van der Waals surface area contributed by atoms with Crippen molar-refractivity contribution in [3.05, 3.63) is 28.8 Å². The predicted molar refractivity (Wildman–Crippen MR) is 64.7 cm³/mol. The van der Waals surface area contributed by atoms with Gasteiger partial charge in [0.25, 0.3) is 0 Å². The summed E-state index contributed by atoms with van der Waals surface area (Å²) >= 11 is 0. The van der Waals surface area contributed by atoms with Gasteiger partial charge in [-0.2, -0.15) is 0 Å². The van der Waals surface area contributed by atoms with Crippen LogP contribution in [0.1, 0.15) is 42.4 Å². The van der Waals surface area contributed by atoms with Crippen molar-refractivity contribution < 1.29 is 0 Å². The molecule has 2 nitrogen and oxygen atoms in total. The van der Waals surface area contributed by atoms with Crippen LogP contribution >= 0.6 is 0 Å². The highest BCUT2D eigenvalue weighted by molar-refractivity contribution is 5.55. The Morgan fingerprint density at radius 1 is 1.07 bits per heavy atom. The molecule has 1 aliphatic rings. The first kappa shape index (κ1) is 10.5. The van der Waals surface area contributed by atoms with Gasteiger partial charge in [-0.3, -0.25) is 0 Å². The Kier molecular flexibility index (Phi) is 2.47. The normalized spacial score (nSPS) is 19.4. The number of aryl methyl sites for hydroxylation is 2. The van der Waals surface area contributed by atoms with E-state index in [4.69, 9.17) is 11.5 Å². The minimum Gasteiger partial charge on any atom is -0.398 e. The molecule has 1 aliphatic carbocycles. The molecule has 0 saturated heterocycles. The second kappa shape index (κ2) is 3.53. The average Bonchev–Trinajstić information content (AvgIpc) is 2.62. The zero-order valence-electron chi connectivity index (χ0n) is 9.64. The molecule has 0 amide bonds. The Balaban J connectivity index is 2.45. The van der Waals surface area contributed by atoms with Gasteiger partial charge >= 0.3 is 0 Å². The van der Waals surface area contributed by atoms with Gasteiger partial charge in [-0.05, 0) is 43.4 Å². The number of benzene rings is 1. The molecule has 0 unspecified atom stereocenters. The molecule has 4 N–H and O–H groups in total. The number of nitrogen functional groups attached to an aromatic ring is 1. The lowest BCUT2D eigenvalue weighted by Gasteiger charge is -2.25. The molecule has 2 rings (SSSR count). The van der Waals surface area contributed by atoms with Crippen molar-refractivity contribution in [1.29, 1.82) is 0 Å². The molecule has 0 bridgehead atoms. The third-order valence-electron chi connectivity index (χ3n) is 3.66. The van der Waals surface area contributed by atoms with Gasteiger partial charge < -0.3 is 11.5 Å². The highest BCUT2D eigenvalue weighted by Crippen LogP contribution is 2.37. The van der Waals surface area contributed by atoms with E-state index in [2.05, 4.69) is 26.0 Å². The third-order valence-corrected chi connectivity index (χ3v) is 3.66. The molecule has 1 aromatic carbocycles. The molecule has 0 heterocycles. The van der Waals surface area contributed by atoms with Crippen LogP contribution in [0.25, 0.3) is 0 Å². The standard InChI is InChI=1S/C13H20N2/c1-9-7-11(8-10(2)12(9)14)13(15)5-3-4-6-13/h7-8H,3-6,14-15H2,1-2H3. The van der Waals surface area contributed by atoms with Gasteiger partial charge in [-0.1, -0.05) is 25.0 Å². The van der Waals surface area contributed by atoms with E-state index in [1.807, 2.05) is 0 Å². The van der Waals surface area contributed by atoms with Crippen LogP contribution in [0.15, 0.2) is 12.1 Å². The molecule has 1 saturated carbocycles. The Morgan fingerprint density at radius 2 is 1.53 bits per heavy atom. The van der Waals surface area contributed by atoms with Gasteiger partial charge in [0.15, 0.2) is 0 Å². The van der Waals surface area contributed by atoms with Crippen LogP contribution in [-0.2, 0) is 5.54 Å². The molecule has 82 valence electrons. The molecule has 0 aliphatic heterocycles. The van der Waals surface area contributed by atoms with Gasteiger partial charge in [0, 0.05) is 11.2 Å². The number of nitrogens with two attached hydrogens (primary N) is 2. The zero-order chi connectivity index (χ0) is 11.1. The Hall–Kier alpha value is -1.02. The molecule has 1 aromatic rings. The topological polar surface area (TPSA) is 52.0 Å². The number of hydrogen-bond acceptors (Lipinski definition) is 2. The van der Waals surface area contributed by atoms with E-state index in [1.54, 1.807) is 0 Å². The van der Waals surface area contributed by atoms with Gasteiger partial charge in [0.2, 0.25) is 0 Å². The monoisotopic (exact) mass is 204 g/mol. The van der Waals surface area contributed by atoms with Crippen LogP contribution in [0.3, 0.4) is 0 Å². The average molecular weight is 204 g/mol. The fourth-order valence-corrected chi connectivity index (χ4v) is 2.56. The summed E-state index contributed by atoms with van der Waals surface area (Å²) in [6.07, 6.45) is 4.71. The Bertz CT molecular complexity index is 353. The van der Waals surface area contributed by atoms with E-state index in [-0.39, 0.29) is 5.54 Å². The molecule has 0 radical (unpaired) electrons. The van der Waals surface area contributed by atoms with Crippen LogP contribution in [-0.4, -0.2) is 0 Å². The van der Waals surface area contributed by atoms with Gasteiger partial charge in [-0.15, -0.1) is 0 Å². The lowest BCUT2D eigenvalue weighted by Crippen LogP contribution is -2.33. The summed E-state index contributed by atoms with van der Waals surface area (Å²) in [5, 5.41) is 0. The third kappa shape index (κ3) is 1.74. The summed E-state index contributed by atoms with van der Waals surface area (Å²) in [6, 6.07) is 4.32. The smallest absolute Gasteiger partial charge is 0.0409 e. The zero-order valence-corrected chi connectivity index (χ0v) is 9.64. The minimum atomic E-state index is -0.0940. The summed E-state index contributed by atoms with van der Waals surface area (Å²) in [7, 11) is 0. The summed E-state index contributed by atoms with van der Waals surface area (Å²) in [6.45, 7) is 4.12. The van der Waals surface area contributed by atoms with Crippen LogP contribution < -0.4 is 11.5 Å². The SMILES string of the molecule is Cc1cc(C2(N)CCCC2)cc(C)c1N. The van der Waals surface area contributed by atoms with Gasteiger partial charge in [0.1, 0.15) is 0 Å². The molecule has 15 heavy (non-hydrogen) atoms. The van der Waals surface area contributed by atoms with Crippen LogP contribution in [0.4, 0.5) is 5.69 Å². The first-order valence-corrected chi connectivity index (χ1v) is 5.69. The first-order chi connectivity index (χ1) is 7.03. The lowest BCUT2D eigenvalue weighted by molar-refractivity contribution is 0.461. The van der Waals surface area contributed by atoms with E-state index in [1.165, 1.54) is 18.4 Å². The van der Waals surface area contributed by atoms with Crippen LogP contribution in [0.5, 0.6) is 0 Å². The molecule has 0 spiro atoms. The largest absolute Gasteiger partial charge is 0.398 e. The fraction of sp³-hybridized carbons (Fsp3) is 0.538. The fourth-order valence-electron chi connectivity index (χ4n) is 2.56. The molecule has 0 atom stereocenters. The van der Waals surface area contributed by atoms with Crippen molar-refractivity contribution in [2.24, 2.45) is 5.73 Å². The van der Waals surface area contributed by atoms with Crippen molar-refractivity contribution in [1.82, 2.24) is 0 Å². The maximum atomic E-state index is 6.43. The number of hydrogen-bond donors (Lipinski definition) is 2. The molecule has 1 fully saturated rings. The van der Waals surface area contributed by atoms with Gasteiger partial charge in [0.05, 0.1) is 0 Å². The Labute approximate surface area is 91.7 Å². The first-order valence-electron chi connectivity index (χ1n) is 5.69. The lowest BCUT2D eigenvalue weighted by atomic mass is 9.87. The van der Waals surface area contributed by atoms with Crippen molar-refractivity contribution in [3.8, 4) is 0 Å². The highest BCUT2D eigenvalue weighted by Gasteiger charge is 2.31. The highest BCUT2D eigenvalue weighted by atomic mass is 14.8. The molecule has 0 aromatic heterocycles. The van der Waals surface area contributed by atoms with Crippen LogP contribution in [0.2, 0.25) is 0 Å². The number of anilines is 1. The second-order valence-electron chi connectivity index (χ2n) is 4.89. The molecule has 2 heteroatoms. The Morgan fingerprint density at radius 3 is 2.00 bits per heavy atom. The number of rotatable bonds is 1. The van der Waals surface area contributed by atoms with E-state index >= 15 is 0 Å². The van der Waals surface area contributed by atoms with Gasteiger partial charge in [-0.25, -0.2) is 0 Å². The summed E-state index contributed by atoms with van der Waals surface area (Å²) in [4.78, 5) is 0. The summed E-state index contributed by atoms with van der Waals surface area (Å²) in [5.41, 5.74) is 16.8. The van der Waals surface area contributed by atoms with Crippen LogP contribution in [0, 0.1) is 13.8 Å². The molecular weight excluding hydrogens is 184 g/mol. The van der Waals surface area contributed by atoms with Crippen molar-refractivity contribution in [2.45, 2.75) is 45.1 Å². The summed E-state index contributed by atoms with van der Waals surface area (Å²) < 4.78 is 0. The van der Waals surface area contributed by atoms with Crippen molar-refractivity contribution in [2.75, 3.05) is 5.73 Å².